The van der Waals surface area contributed by atoms with E-state index >= 15 is 0 Å². The van der Waals surface area contributed by atoms with Crippen LogP contribution in [0.25, 0.3) is 21.6 Å². The van der Waals surface area contributed by atoms with E-state index in [2.05, 4.69) is 15.4 Å². The van der Waals surface area contributed by atoms with Crippen LogP contribution in [-0.2, 0) is 30.6 Å². The third kappa shape index (κ3) is 10.1. The van der Waals surface area contributed by atoms with Crippen molar-refractivity contribution in [2.75, 3.05) is 19.0 Å². The summed E-state index contributed by atoms with van der Waals surface area (Å²) in [5.41, 5.74) is -0.432. The largest absolute Gasteiger partial charge is 0.496 e. The number of benzene rings is 2. The molecule has 3 N–H and O–H groups in total. The molecule has 2 aromatic carbocycles. The Labute approximate surface area is 392 Å². The predicted molar refractivity (Wildman–Crippen MR) is 236 cm³/mol. The number of amides is 3. The zero-order valence-corrected chi connectivity index (χ0v) is 40.6. The van der Waals surface area contributed by atoms with Crippen LogP contribution in [0.15, 0.2) is 47.8 Å². The number of fused-ring (bicyclic) bond motifs is 1. The number of alkyl halides is 3. The molecule has 3 amide bonds. The number of carbonyl (C=O) groups excluding carboxylic acids is 3. The van der Waals surface area contributed by atoms with Crippen LogP contribution < -0.4 is 24.8 Å². The Kier molecular flexibility index (Phi) is 14.0. The van der Waals surface area contributed by atoms with Gasteiger partial charge in [-0.05, 0) is 73.8 Å². The summed E-state index contributed by atoms with van der Waals surface area (Å²) < 4.78 is 81.6. The van der Waals surface area contributed by atoms with Gasteiger partial charge in [0.1, 0.15) is 45.9 Å². The number of halogens is 3. The van der Waals surface area contributed by atoms with Crippen LogP contribution in [0.5, 0.6) is 11.5 Å². The standard InChI is InChI=1S/C44H53F3N6O7S2.Na/c1-9-25-20-43(25,41(56)52-62(57,58)29-13-14-29)51-38(54)33-18-28(21-53(33)40(55)37(42(5,6)7)48-27-12-10-11-26(17-27)44(45,46)47)60-35-19-31(39-50-32(22-61-39)23(2)3)49-36-24(4)34(59-8)16-15-30(35)36;/h10-12,15-17,19,22-23,25,28-29,33,37,48H,9,13-14,18,20-21H2,1-8H3,(H,51,54)(H,52,56);/t25-,28-,33+,37-,43-;/m1./s1. The number of hydrogen-bond donors (Lipinski definition) is 3. The number of nitrogens with one attached hydrogen (secondary N) is 3. The fourth-order valence-electron chi connectivity index (χ4n) is 8.09. The van der Waals surface area contributed by atoms with Crippen molar-refractivity contribution < 1.29 is 45.4 Å². The molecule has 2 aliphatic carbocycles. The Morgan fingerprint density at radius 3 is 2.35 bits per heavy atom. The van der Waals surface area contributed by atoms with Gasteiger partial charge in [-0.25, -0.2) is 18.4 Å². The minimum atomic E-state index is -4.63. The maximum absolute atomic E-state index is 14.9. The van der Waals surface area contributed by atoms with E-state index in [4.69, 9.17) is 19.4 Å². The Hall–Kier alpha value is -3.97. The number of likely N-dealkylation sites (tertiary alicyclic amines) is 1. The summed E-state index contributed by atoms with van der Waals surface area (Å²) in [6.45, 7) is 13.0. The molecule has 1 radical (unpaired) electrons. The van der Waals surface area contributed by atoms with Crippen molar-refractivity contribution in [2.45, 2.75) is 122 Å². The minimum absolute atomic E-state index is 0. The number of aryl methyl sites for hydroxylation is 1. The second-order valence-electron chi connectivity index (χ2n) is 18.0. The molecule has 7 rings (SSSR count). The first kappa shape index (κ1) is 48.5. The summed E-state index contributed by atoms with van der Waals surface area (Å²) in [4.78, 5) is 54.4. The van der Waals surface area contributed by atoms with Crippen molar-refractivity contribution in [1.82, 2.24) is 24.9 Å². The Morgan fingerprint density at radius 2 is 1.76 bits per heavy atom. The maximum atomic E-state index is 14.9. The van der Waals surface area contributed by atoms with Gasteiger partial charge < -0.3 is 25.0 Å². The number of carbonyl (C=O) groups is 3. The summed E-state index contributed by atoms with van der Waals surface area (Å²) in [7, 11) is -2.37. The molecule has 335 valence electrons. The second-order valence-corrected chi connectivity index (χ2v) is 20.8. The van der Waals surface area contributed by atoms with Gasteiger partial charge in [-0.1, -0.05) is 54.0 Å². The SMILES string of the molecule is CC[C@@H]1C[C@]1(NC(=O)[C@@H]1C[C@@H](Oc2cc(-c3nc(C(C)C)cs3)nc3c(C)c(OC)ccc23)CN1C(=O)[C@@H](Nc1cccc(C(F)(F)F)c1)C(C)(C)C)C(=O)NS(=O)(=O)C1CC1.[Na]. The van der Waals surface area contributed by atoms with Crippen molar-refractivity contribution in [2.24, 2.45) is 11.3 Å². The van der Waals surface area contributed by atoms with E-state index in [1.54, 1.807) is 40.0 Å². The summed E-state index contributed by atoms with van der Waals surface area (Å²) in [5, 5.41) is 8.51. The molecule has 19 heteroatoms. The number of rotatable bonds is 14. The van der Waals surface area contributed by atoms with Gasteiger partial charge in [-0.2, -0.15) is 13.2 Å². The van der Waals surface area contributed by atoms with Crippen LogP contribution in [0.2, 0.25) is 0 Å². The molecule has 0 bridgehead atoms. The first-order valence-electron chi connectivity index (χ1n) is 20.8. The van der Waals surface area contributed by atoms with Crippen molar-refractivity contribution >= 4 is 85.2 Å². The van der Waals surface area contributed by atoms with E-state index in [1.165, 1.54) is 28.4 Å². The van der Waals surface area contributed by atoms with E-state index in [1.807, 2.05) is 39.1 Å². The fourth-order valence-corrected chi connectivity index (χ4v) is 10.4. The number of methoxy groups -OCH3 is 1. The molecule has 2 saturated carbocycles. The zero-order valence-electron chi connectivity index (χ0n) is 37.0. The molecule has 13 nitrogen and oxygen atoms in total. The average Bonchev–Trinajstić information content (AvgIpc) is 4.09. The summed E-state index contributed by atoms with van der Waals surface area (Å²) in [6, 6.07) is 7.60. The molecule has 0 spiro atoms. The topological polar surface area (TPSA) is 169 Å². The van der Waals surface area contributed by atoms with E-state index in [-0.39, 0.29) is 66.5 Å². The number of anilines is 1. The minimum Gasteiger partial charge on any atom is -0.496 e. The molecular weight excluding hydrogens is 869 g/mol. The van der Waals surface area contributed by atoms with Gasteiger partial charge in [-0.3, -0.25) is 19.1 Å². The number of aromatic nitrogens is 2. The van der Waals surface area contributed by atoms with Crippen LogP contribution in [0.1, 0.15) is 96.4 Å². The number of sulfonamides is 1. The number of ether oxygens (including phenoxy) is 2. The van der Waals surface area contributed by atoms with Crippen molar-refractivity contribution in [3.05, 3.63) is 64.7 Å². The van der Waals surface area contributed by atoms with Gasteiger partial charge in [0, 0.05) is 64.1 Å². The normalized spacial score (nSPS) is 21.7. The molecule has 63 heavy (non-hydrogen) atoms. The molecule has 0 unspecified atom stereocenters. The quantitative estimate of drug-likeness (QED) is 0.110. The molecule has 3 aliphatic rings. The summed E-state index contributed by atoms with van der Waals surface area (Å²) in [5.74, 6) is -1.24. The van der Waals surface area contributed by atoms with Crippen LogP contribution in [0.4, 0.5) is 18.9 Å². The van der Waals surface area contributed by atoms with Crippen LogP contribution >= 0.6 is 11.3 Å². The van der Waals surface area contributed by atoms with Gasteiger partial charge in [0.15, 0.2) is 0 Å². The summed E-state index contributed by atoms with van der Waals surface area (Å²) in [6.07, 6.45) is -3.90. The van der Waals surface area contributed by atoms with Crippen molar-refractivity contribution in [3.63, 3.8) is 0 Å². The Bertz CT molecular complexity index is 2510. The Morgan fingerprint density at radius 1 is 1.05 bits per heavy atom. The summed E-state index contributed by atoms with van der Waals surface area (Å²) >= 11 is 1.44. The zero-order chi connectivity index (χ0) is 45.1. The number of nitrogens with zero attached hydrogens (tertiary/aromatic N) is 3. The molecular formula is C44H53F3N6NaO7S2. The molecule has 3 fully saturated rings. The maximum Gasteiger partial charge on any atom is 0.416 e. The van der Waals surface area contributed by atoms with Crippen LogP contribution in [0.3, 0.4) is 0 Å². The molecule has 1 saturated heterocycles. The van der Waals surface area contributed by atoms with E-state index < -0.39 is 73.9 Å². The average molecular weight is 922 g/mol. The van der Waals surface area contributed by atoms with Gasteiger partial charge in [0.05, 0.1) is 35.7 Å². The van der Waals surface area contributed by atoms with Gasteiger partial charge >= 0.3 is 6.18 Å². The number of hydrogen-bond acceptors (Lipinski definition) is 11. The smallest absolute Gasteiger partial charge is 0.416 e. The van der Waals surface area contributed by atoms with Gasteiger partial charge in [0.2, 0.25) is 21.8 Å². The van der Waals surface area contributed by atoms with Gasteiger partial charge in [-0.15, -0.1) is 11.3 Å². The monoisotopic (exact) mass is 921 g/mol. The molecule has 3 heterocycles. The Balaban J connectivity index is 0.00000661. The van der Waals surface area contributed by atoms with Crippen LogP contribution in [-0.4, -0.2) is 113 Å². The molecule has 4 aromatic rings. The number of pyridine rings is 1. The second kappa shape index (κ2) is 18.1. The third-order valence-corrected chi connectivity index (χ3v) is 14.7. The molecule has 1 aliphatic heterocycles. The van der Waals surface area contributed by atoms with Gasteiger partial charge in [0.25, 0.3) is 5.91 Å². The first-order chi connectivity index (χ1) is 29.1. The van der Waals surface area contributed by atoms with Crippen LogP contribution in [0, 0.1) is 18.3 Å². The molecule has 5 atom stereocenters. The van der Waals surface area contributed by atoms with Crippen molar-refractivity contribution in [1.29, 1.82) is 0 Å². The van der Waals surface area contributed by atoms with E-state index in [0.717, 1.165) is 23.4 Å². The third-order valence-electron chi connectivity index (χ3n) is 12.0. The van der Waals surface area contributed by atoms with E-state index in [0.29, 0.717) is 52.4 Å². The van der Waals surface area contributed by atoms with Crippen molar-refractivity contribution in [3.8, 4) is 22.2 Å². The fraction of sp³-hybridized carbons (Fsp3) is 0.523. The first-order valence-corrected chi connectivity index (χ1v) is 23.2. The molecule has 2 aromatic heterocycles. The predicted octanol–water partition coefficient (Wildman–Crippen LogP) is 7.21. The van der Waals surface area contributed by atoms with E-state index in [9.17, 15) is 36.0 Å². The number of thiazole rings is 1.